The standard InChI is InChI=1S/C17H16N4O3S/c22-16-14(13(11-5-3-9-23-11)20-7-1-2-8-20)25-17-18-15(19-21(16)17)12-6-4-10-24-12/h3-6,9-10,13,22H,1-2,7-8H2/p+1/t13-/m1/s1. The van der Waals surface area contributed by atoms with Crippen molar-refractivity contribution in [3.63, 3.8) is 0 Å². The molecule has 25 heavy (non-hydrogen) atoms. The van der Waals surface area contributed by atoms with Crippen molar-refractivity contribution < 1.29 is 18.8 Å². The summed E-state index contributed by atoms with van der Waals surface area (Å²) in [6.45, 7) is 2.13. The van der Waals surface area contributed by atoms with Crippen LogP contribution in [-0.4, -0.2) is 32.8 Å². The number of rotatable bonds is 4. The molecule has 1 aliphatic heterocycles. The van der Waals surface area contributed by atoms with Gasteiger partial charge < -0.3 is 18.8 Å². The van der Waals surface area contributed by atoms with Gasteiger partial charge in [0.05, 0.1) is 25.6 Å². The fourth-order valence-electron chi connectivity index (χ4n) is 3.54. The quantitative estimate of drug-likeness (QED) is 0.585. The van der Waals surface area contributed by atoms with Crippen molar-refractivity contribution in [3.8, 4) is 17.5 Å². The van der Waals surface area contributed by atoms with E-state index < -0.39 is 0 Å². The lowest BCUT2D eigenvalue weighted by atomic mass is 10.1. The summed E-state index contributed by atoms with van der Waals surface area (Å²) in [6.07, 6.45) is 5.65. The SMILES string of the molecule is Oc1c([C@@H](c2ccco2)[NH+]2CCCC2)sc2nc(-c3ccco3)nn12. The van der Waals surface area contributed by atoms with Gasteiger partial charge in [0.25, 0.3) is 0 Å². The highest BCUT2D eigenvalue weighted by Crippen LogP contribution is 2.36. The van der Waals surface area contributed by atoms with Gasteiger partial charge in [0.15, 0.2) is 17.6 Å². The smallest absolute Gasteiger partial charge is 0.235 e. The van der Waals surface area contributed by atoms with E-state index in [0.717, 1.165) is 23.7 Å². The lowest BCUT2D eigenvalue weighted by Gasteiger charge is -2.21. The molecular weight excluding hydrogens is 340 g/mol. The second-order valence-electron chi connectivity index (χ2n) is 6.21. The van der Waals surface area contributed by atoms with Crippen LogP contribution in [0.3, 0.4) is 0 Å². The van der Waals surface area contributed by atoms with Crippen LogP contribution >= 0.6 is 11.3 Å². The number of quaternary nitrogens is 1. The number of fused-ring (bicyclic) bond motifs is 1. The average molecular weight is 357 g/mol. The van der Waals surface area contributed by atoms with Gasteiger partial charge in [0, 0.05) is 12.8 Å². The largest absolute Gasteiger partial charge is 0.492 e. The van der Waals surface area contributed by atoms with Crippen molar-refractivity contribution in [1.29, 1.82) is 0 Å². The maximum atomic E-state index is 10.8. The third-order valence-electron chi connectivity index (χ3n) is 4.69. The molecule has 0 unspecified atom stereocenters. The van der Waals surface area contributed by atoms with E-state index in [-0.39, 0.29) is 11.9 Å². The Kier molecular flexibility index (Phi) is 3.39. The molecule has 5 heterocycles. The van der Waals surface area contributed by atoms with Crippen molar-refractivity contribution in [2.24, 2.45) is 0 Å². The molecule has 1 aliphatic rings. The zero-order chi connectivity index (χ0) is 16.8. The van der Waals surface area contributed by atoms with Gasteiger partial charge in [-0.3, -0.25) is 0 Å². The molecule has 0 radical (unpaired) electrons. The topological polar surface area (TPSA) is 81.1 Å². The molecule has 4 aromatic heterocycles. The molecule has 0 bridgehead atoms. The van der Waals surface area contributed by atoms with E-state index in [9.17, 15) is 5.11 Å². The summed E-state index contributed by atoms with van der Waals surface area (Å²) in [4.78, 5) is 7.40. The van der Waals surface area contributed by atoms with Gasteiger partial charge in [0.1, 0.15) is 4.88 Å². The highest BCUT2D eigenvalue weighted by atomic mass is 32.1. The summed E-state index contributed by atoms with van der Waals surface area (Å²) < 4.78 is 12.5. The monoisotopic (exact) mass is 357 g/mol. The lowest BCUT2D eigenvalue weighted by molar-refractivity contribution is -0.914. The van der Waals surface area contributed by atoms with Gasteiger partial charge in [-0.25, -0.2) is 0 Å². The van der Waals surface area contributed by atoms with Crippen LogP contribution in [0.15, 0.2) is 45.6 Å². The van der Waals surface area contributed by atoms with Crippen LogP contribution in [0.25, 0.3) is 16.5 Å². The first-order valence-electron chi connectivity index (χ1n) is 8.31. The second-order valence-corrected chi connectivity index (χ2v) is 7.22. The molecule has 0 saturated carbocycles. The Hall–Kier alpha value is -2.58. The molecule has 128 valence electrons. The van der Waals surface area contributed by atoms with E-state index in [1.54, 1.807) is 24.7 Å². The maximum Gasteiger partial charge on any atom is 0.235 e. The number of nitrogens with one attached hydrogen (secondary N) is 1. The van der Waals surface area contributed by atoms with Gasteiger partial charge in [-0.1, -0.05) is 11.3 Å². The Labute approximate surface area is 147 Å². The summed E-state index contributed by atoms with van der Waals surface area (Å²) in [6, 6.07) is 7.43. The van der Waals surface area contributed by atoms with Crippen molar-refractivity contribution in [2.75, 3.05) is 13.1 Å². The minimum Gasteiger partial charge on any atom is -0.492 e. The number of nitrogens with zero attached hydrogens (tertiary/aromatic N) is 3. The summed E-state index contributed by atoms with van der Waals surface area (Å²) in [7, 11) is 0. The second kappa shape index (κ2) is 5.75. The normalized spacial score (nSPS) is 16.8. The Morgan fingerprint density at radius 2 is 1.96 bits per heavy atom. The van der Waals surface area contributed by atoms with Crippen LogP contribution in [0.1, 0.15) is 29.5 Å². The Morgan fingerprint density at radius 3 is 2.64 bits per heavy atom. The minimum atomic E-state index is -0.0296. The predicted octanol–water partition coefficient (Wildman–Crippen LogP) is 2.12. The summed E-state index contributed by atoms with van der Waals surface area (Å²) in [5, 5.41) is 15.2. The van der Waals surface area contributed by atoms with Crippen LogP contribution in [0.2, 0.25) is 0 Å². The molecule has 0 aliphatic carbocycles. The molecule has 4 aromatic rings. The number of thiazole rings is 1. The molecule has 8 heteroatoms. The molecule has 0 amide bonds. The molecular formula is C17H17N4O3S+. The average Bonchev–Trinajstić information content (AvgIpc) is 3.42. The van der Waals surface area contributed by atoms with Gasteiger partial charge in [-0.15, -0.1) is 5.10 Å². The van der Waals surface area contributed by atoms with Crippen molar-refractivity contribution in [1.82, 2.24) is 14.6 Å². The number of likely N-dealkylation sites (tertiary alicyclic amines) is 1. The third kappa shape index (κ3) is 2.37. The summed E-state index contributed by atoms with van der Waals surface area (Å²) in [5.74, 6) is 2.06. The van der Waals surface area contributed by atoms with E-state index in [1.165, 1.54) is 33.6 Å². The Morgan fingerprint density at radius 1 is 1.16 bits per heavy atom. The van der Waals surface area contributed by atoms with Crippen molar-refractivity contribution in [3.05, 3.63) is 47.4 Å². The van der Waals surface area contributed by atoms with Crippen LogP contribution in [-0.2, 0) is 0 Å². The number of furan rings is 2. The predicted molar refractivity (Wildman–Crippen MR) is 90.7 cm³/mol. The number of aromatic nitrogens is 3. The van der Waals surface area contributed by atoms with E-state index in [0.29, 0.717) is 16.5 Å². The zero-order valence-electron chi connectivity index (χ0n) is 13.4. The molecule has 2 N–H and O–H groups in total. The minimum absolute atomic E-state index is 0.0296. The maximum absolute atomic E-state index is 10.8. The van der Waals surface area contributed by atoms with Gasteiger partial charge in [0.2, 0.25) is 16.7 Å². The zero-order valence-corrected chi connectivity index (χ0v) is 14.2. The molecule has 5 rings (SSSR count). The highest BCUT2D eigenvalue weighted by molar-refractivity contribution is 7.17. The van der Waals surface area contributed by atoms with E-state index in [2.05, 4.69) is 10.1 Å². The number of hydrogen-bond donors (Lipinski definition) is 2. The molecule has 1 atom stereocenters. The Balaban J connectivity index is 1.60. The third-order valence-corrected chi connectivity index (χ3v) is 5.77. The molecule has 1 fully saturated rings. The first-order valence-corrected chi connectivity index (χ1v) is 9.13. The van der Waals surface area contributed by atoms with E-state index in [1.807, 2.05) is 12.1 Å². The highest BCUT2D eigenvalue weighted by Gasteiger charge is 2.36. The first-order chi connectivity index (χ1) is 12.3. The van der Waals surface area contributed by atoms with Crippen molar-refractivity contribution in [2.45, 2.75) is 18.9 Å². The van der Waals surface area contributed by atoms with Crippen molar-refractivity contribution >= 4 is 16.3 Å². The fraction of sp³-hybridized carbons (Fsp3) is 0.294. The number of hydrogen-bond acceptors (Lipinski definition) is 6. The molecule has 0 aromatic carbocycles. The van der Waals surface area contributed by atoms with Crippen LogP contribution < -0.4 is 4.90 Å². The van der Waals surface area contributed by atoms with E-state index in [4.69, 9.17) is 8.83 Å². The first kappa shape index (κ1) is 14.7. The Bertz CT molecular complexity index is 981. The fourth-order valence-corrected chi connectivity index (χ4v) is 4.66. The molecule has 7 nitrogen and oxygen atoms in total. The molecule has 1 saturated heterocycles. The van der Waals surface area contributed by atoms with Gasteiger partial charge in [-0.05, 0) is 24.3 Å². The molecule has 0 spiro atoms. The lowest BCUT2D eigenvalue weighted by Crippen LogP contribution is -3.10. The van der Waals surface area contributed by atoms with Crippen LogP contribution in [0.5, 0.6) is 5.88 Å². The van der Waals surface area contributed by atoms with Crippen LogP contribution in [0.4, 0.5) is 0 Å². The van der Waals surface area contributed by atoms with E-state index >= 15 is 0 Å². The van der Waals surface area contributed by atoms with Gasteiger partial charge in [-0.2, -0.15) is 9.50 Å². The summed E-state index contributed by atoms with van der Waals surface area (Å²) >= 11 is 1.45. The van der Waals surface area contributed by atoms with Crippen LogP contribution in [0, 0.1) is 0 Å². The summed E-state index contributed by atoms with van der Waals surface area (Å²) in [5.41, 5.74) is 0. The van der Waals surface area contributed by atoms with Gasteiger partial charge >= 0.3 is 0 Å². The number of aromatic hydroxyl groups is 1.